The lowest BCUT2D eigenvalue weighted by molar-refractivity contribution is 0.0697. The molecule has 0 fully saturated rings. The van der Waals surface area contributed by atoms with E-state index in [2.05, 4.69) is 10.3 Å². The van der Waals surface area contributed by atoms with E-state index in [-0.39, 0.29) is 34.5 Å². The van der Waals surface area contributed by atoms with Crippen molar-refractivity contribution >= 4 is 33.2 Å². The highest BCUT2D eigenvalue weighted by Gasteiger charge is 2.13. The van der Waals surface area contributed by atoms with Crippen LogP contribution in [0.4, 0.5) is 5.82 Å². The minimum atomic E-state index is -3.08. The van der Waals surface area contributed by atoms with Gasteiger partial charge in [-0.15, -0.1) is 0 Å². The summed E-state index contributed by atoms with van der Waals surface area (Å²) in [7, 11) is -3.08. The molecule has 8 heteroatoms. The predicted molar refractivity (Wildman–Crippen MR) is 69.0 cm³/mol. The van der Waals surface area contributed by atoms with Crippen LogP contribution >= 0.6 is 11.6 Å². The molecule has 0 aromatic carbocycles. The summed E-state index contributed by atoms with van der Waals surface area (Å²) < 4.78 is 22.5. The number of hydrogen-bond donors (Lipinski definition) is 2. The summed E-state index contributed by atoms with van der Waals surface area (Å²) in [5.74, 6) is -0.987. The summed E-state index contributed by atoms with van der Waals surface area (Å²) >= 11 is 5.83. The molecule has 0 spiro atoms. The fourth-order valence-corrected chi connectivity index (χ4v) is 2.16. The standard InChI is InChI=1S/C10H13ClN2O4S/c1-2-18(16,17)6-5-13-9-8(11)7(10(14)15)3-4-12-9/h3-4H,2,5-6H2,1H3,(H,12,13)(H,14,15). The number of rotatable bonds is 6. The molecule has 1 rings (SSSR count). The van der Waals surface area contributed by atoms with Gasteiger partial charge in [0.25, 0.3) is 0 Å². The number of carboxylic acid groups (broad SMARTS) is 1. The first-order chi connectivity index (χ1) is 8.37. The van der Waals surface area contributed by atoms with E-state index in [4.69, 9.17) is 16.7 Å². The molecule has 0 atom stereocenters. The van der Waals surface area contributed by atoms with Crippen LogP contribution < -0.4 is 5.32 Å². The second kappa shape index (κ2) is 6.01. The van der Waals surface area contributed by atoms with Gasteiger partial charge in [-0.1, -0.05) is 18.5 Å². The molecule has 0 radical (unpaired) electrons. The lowest BCUT2D eigenvalue weighted by Crippen LogP contribution is -2.18. The number of aromatic nitrogens is 1. The number of anilines is 1. The van der Waals surface area contributed by atoms with Gasteiger partial charge in [-0.3, -0.25) is 0 Å². The van der Waals surface area contributed by atoms with Gasteiger partial charge in [-0.2, -0.15) is 0 Å². The highest BCUT2D eigenvalue weighted by molar-refractivity contribution is 7.91. The zero-order valence-electron chi connectivity index (χ0n) is 9.68. The molecule has 1 heterocycles. The van der Waals surface area contributed by atoms with Gasteiger partial charge >= 0.3 is 5.97 Å². The highest BCUT2D eigenvalue weighted by Crippen LogP contribution is 2.23. The van der Waals surface area contributed by atoms with Gasteiger partial charge in [0.15, 0.2) is 9.84 Å². The van der Waals surface area contributed by atoms with E-state index in [9.17, 15) is 13.2 Å². The van der Waals surface area contributed by atoms with Gasteiger partial charge in [0.05, 0.1) is 16.3 Å². The Kier molecular flexibility index (Phi) is 4.92. The molecular weight excluding hydrogens is 280 g/mol. The van der Waals surface area contributed by atoms with Crippen molar-refractivity contribution in [3.63, 3.8) is 0 Å². The number of aromatic carboxylic acids is 1. The number of nitrogens with zero attached hydrogens (tertiary/aromatic N) is 1. The molecule has 6 nitrogen and oxygen atoms in total. The van der Waals surface area contributed by atoms with Crippen LogP contribution in [0.1, 0.15) is 17.3 Å². The van der Waals surface area contributed by atoms with Crippen molar-refractivity contribution in [2.45, 2.75) is 6.92 Å². The third kappa shape index (κ3) is 3.85. The van der Waals surface area contributed by atoms with Crippen LogP contribution in [0.5, 0.6) is 0 Å². The Balaban J connectivity index is 2.75. The summed E-state index contributed by atoms with van der Waals surface area (Å²) in [6.07, 6.45) is 1.30. The number of carboxylic acids is 1. The normalized spacial score (nSPS) is 11.2. The van der Waals surface area contributed by atoms with Gasteiger partial charge in [0.2, 0.25) is 0 Å². The zero-order valence-corrected chi connectivity index (χ0v) is 11.3. The molecule has 1 aromatic rings. The number of hydrogen-bond acceptors (Lipinski definition) is 5. The summed E-state index contributed by atoms with van der Waals surface area (Å²) in [4.78, 5) is 14.7. The van der Waals surface area contributed by atoms with E-state index in [0.717, 1.165) is 0 Å². The maximum absolute atomic E-state index is 11.3. The average Bonchev–Trinajstić information content (AvgIpc) is 2.31. The third-order valence-electron chi connectivity index (χ3n) is 2.26. The lowest BCUT2D eigenvalue weighted by Gasteiger charge is -2.08. The molecular formula is C10H13ClN2O4S. The second-order valence-electron chi connectivity index (χ2n) is 3.49. The largest absolute Gasteiger partial charge is 0.478 e. The van der Waals surface area contributed by atoms with Gasteiger partial charge in [-0.25, -0.2) is 18.2 Å². The second-order valence-corrected chi connectivity index (χ2v) is 6.34. The fourth-order valence-electron chi connectivity index (χ4n) is 1.20. The van der Waals surface area contributed by atoms with E-state index in [1.165, 1.54) is 12.3 Å². The van der Waals surface area contributed by atoms with E-state index < -0.39 is 15.8 Å². The molecule has 0 saturated heterocycles. The van der Waals surface area contributed by atoms with Crippen molar-refractivity contribution in [3.05, 3.63) is 22.8 Å². The van der Waals surface area contributed by atoms with E-state index in [0.29, 0.717) is 0 Å². The summed E-state index contributed by atoms with van der Waals surface area (Å²) in [6, 6.07) is 1.28. The molecule has 0 aliphatic rings. The molecule has 100 valence electrons. The van der Waals surface area contributed by atoms with Gasteiger partial charge in [0, 0.05) is 18.5 Å². The Bertz CT molecular complexity index is 545. The Labute approximate surface area is 110 Å². The maximum Gasteiger partial charge on any atom is 0.337 e. The van der Waals surface area contributed by atoms with E-state index >= 15 is 0 Å². The summed E-state index contributed by atoms with van der Waals surface area (Å²) in [5.41, 5.74) is -0.0764. The van der Waals surface area contributed by atoms with Crippen molar-refractivity contribution in [1.29, 1.82) is 0 Å². The summed E-state index contributed by atoms with van der Waals surface area (Å²) in [5, 5.41) is 11.5. The molecule has 0 amide bonds. The molecule has 0 aliphatic heterocycles. The lowest BCUT2D eigenvalue weighted by atomic mass is 10.2. The van der Waals surface area contributed by atoms with Crippen LogP contribution in [0.3, 0.4) is 0 Å². The minimum absolute atomic E-state index is 0.0288. The SMILES string of the molecule is CCS(=O)(=O)CCNc1nccc(C(=O)O)c1Cl. The van der Waals surface area contributed by atoms with Gasteiger partial charge < -0.3 is 10.4 Å². The van der Waals surface area contributed by atoms with Crippen LogP contribution in [0.15, 0.2) is 12.3 Å². The average molecular weight is 293 g/mol. The Morgan fingerprint density at radius 3 is 2.78 bits per heavy atom. The number of nitrogens with one attached hydrogen (secondary N) is 1. The number of pyridine rings is 1. The van der Waals surface area contributed by atoms with Crippen molar-refractivity contribution in [3.8, 4) is 0 Å². The number of halogens is 1. The Hall–Kier alpha value is -1.34. The van der Waals surface area contributed by atoms with Crippen LogP contribution in [0.2, 0.25) is 5.02 Å². The Morgan fingerprint density at radius 1 is 1.56 bits per heavy atom. The van der Waals surface area contributed by atoms with E-state index in [1.807, 2.05) is 0 Å². The fraction of sp³-hybridized carbons (Fsp3) is 0.400. The zero-order chi connectivity index (χ0) is 13.8. The van der Waals surface area contributed by atoms with Crippen molar-refractivity contribution < 1.29 is 18.3 Å². The first kappa shape index (κ1) is 14.7. The molecule has 0 unspecified atom stereocenters. The van der Waals surface area contributed by atoms with Crippen LogP contribution in [-0.2, 0) is 9.84 Å². The smallest absolute Gasteiger partial charge is 0.337 e. The van der Waals surface area contributed by atoms with Crippen LogP contribution in [-0.4, -0.2) is 42.5 Å². The first-order valence-electron chi connectivity index (χ1n) is 5.19. The van der Waals surface area contributed by atoms with Crippen LogP contribution in [0, 0.1) is 0 Å². The van der Waals surface area contributed by atoms with Crippen molar-refractivity contribution in [2.75, 3.05) is 23.4 Å². The molecule has 2 N–H and O–H groups in total. The topological polar surface area (TPSA) is 96.4 Å². The predicted octanol–water partition coefficient (Wildman–Crippen LogP) is 1.28. The Morgan fingerprint density at radius 2 is 2.22 bits per heavy atom. The molecule has 0 aliphatic carbocycles. The molecule has 18 heavy (non-hydrogen) atoms. The van der Waals surface area contributed by atoms with Gasteiger partial charge in [-0.05, 0) is 6.07 Å². The van der Waals surface area contributed by atoms with E-state index in [1.54, 1.807) is 6.92 Å². The monoisotopic (exact) mass is 292 g/mol. The summed E-state index contributed by atoms with van der Waals surface area (Å²) in [6.45, 7) is 1.69. The molecule has 0 saturated carbocycles. The van der Waals surface area contributed by atoms with Crippen LogP contribution in [0.25, 0.3) is 0 Å². The van der Waals surface area contributed by atoms with Gasteiger partial charge in [0.1, 0.15) is 5.82 Å². The highest BCUT2D eigenvalue weighted by atomic mass is 35.5. The molecule has 0 bridgehead atoms. The van der Waals surface area contributed by atoms with Crippen molar-refractivity contribution in [1.82, 2.24) is 4.98 Å². The maximum atomic E-state index is 11.3. The third-order valence-corrected chi connectivity index (χ3v) is 4.35. The minimum Gasteiger partial charge on any atom is -0.478 e. The number of carbonyl (C=O) groups is 1. The van der Waals surface area contributed by atoms with Crippen molar-refractivity contribution in [2.24, 2.45) is 0 Å². The quantitative estimate of drug-likeness (QED) is 0.820. The number of sulfone groups is 1. The molecule has 1 aromatic heterocycles. The first-order valence-corrected chi connectivity index (χ1v) is 7.39.